The number of aliphatic hydroxyl groups is 1. The quantitative estimate of drug-likeness (QED) is 0.867. The summed E-state index contributed by atoms with van der Waals surface area (Å²) in [6.45, 7) is -0.476. The molecule has 2 nitrogen and oxygen atoms in total. The summed E-state index contributed by atoms with van der Waals surface area (Å²) in [6.07, 6.45) is -2.71. The van der Waals surface area contributed by atoms with Gasteiger partial charge >= 0.3 is 0 Å². The zero-order valence-corrected chi connectivity index (χ0v) is 9.32. The predicted molar refractivity (Wildman–Crippen MR) is 52.4 cm³/mol. The Balaban J connectivity index is 3.28. The number of nitrogens with zero attached hydrogens (tertiary/aromatic N) is 1. The van der Waals surface area contributed by atoms with Crippen molar-refractivity contribution in [1.29, 1.82) is 0 Å². The maximum absolute atomic E-state index is 12.5. The van der Waals surface area contributed by atoms with Crippen LogP contribution < -0.4 is 0 Å². The van der Waals surface area contributed by atoms with E-state index in [0.29, 0.717) is 10.2 Å². The number of hydrogen-bond donors (Lipinski definition) is 1. The molecule has 0 aliphatic heterocycles. The Morgan fingerprint density at radius 1 is 1.57 bits per heavy atom. The molecule has 0 fully saturated rings. The number of aliphatic hydroxyl groups excluding tert-OH is 1. The van der Waals surface area contributed by atoms with Crippen molar-refractivity contribution in [2.24, 2.45) is 0 Å². The van der Waals surface area contributed by atoms with Crippen LogP contribution in [0.15, 0.2) is 10.5 Å². The second-order valence-corrected chi connectivity index (χ2v) is 3.67. The lowest BCUT2D eigenvalue weighted by Crippen LogP contribution is -2.02. The van der Waals surface area contributed by atoms with E-state index < -0.39 is 18.7 Å². The van der Waals surface area contributed by atoms with Crippen molar-refractivity contribution < 1.29 is 13.9 Å². The monoisotopic (exact) mass is 285 g/mol. The molecule has 0 radical (unpaired) electrons. The summed E-state index contributed by atoms with van der Waals surface area (Å²) in [4.78, 5) is 3.65. The first kappa shape index (κ1) is 11.8. The van der Waals surface area contributed by atoms with Crippen molar-refractivity contribution in [2.45, 2.75) is 18.9 Å². The molecule has 78 valence electrons. The van der Waals surface area contributed by atoms with E-state index in [4.69, 9.17) is 16.7 Å². The molecule has 0 saturated heterocycles. The summed E-state index contributed by atoms with van der Waals surface area (Å²) in [6, 6.07) is 1.52. The van der Waals surface area contributed by atoms with Gasteiger partial charge in [0.15, 0.2) is 0 Å². The highest BCUT2D eigenvalue weighted by atomic mass is 79.9. The largest absolute Gasteiger partial charge is 0.392 e. The third-order valence-corrected chi connectivity index (χ3v) is 2.64. The van der Waals surface area contributed by atoms with E-state index in [1.165, 1.54) is 6.07 Å². The summed E-state index contributed by atoms with van der Waals surface area (Å²) in [7, 11) is 0. The molecule has 1 aromatic rings. The number of halogens is 4. The maximum Gasteiger partial charge on any atom is 0.280 e. The van der Waals surface area contributed by atoms with Crippen LogP contribution in [0.4, 0.5) is 8.78 Å². The topological polar surface area (TPSA) is 33.1 Å². The molecule has 0 aliphatic carbocycles. The van der Waals surface area contributed by atoms with Crippen LogP contribution in [-0.2, 0) is 12.5 Å². The smallest absolute Gasteiger partial charge is 0.280 e. The molecule has 14 heavy (non-hydrogen) atoms. The van der Waals surface area contributed by atoms with Gasteiger partial charge in [-0.25, -0.2) is 8.78 Å². The van der Waals surface area contributed by atoms with Crippen LogP contribution >= 0.6 is 27.5 Å². The standard InChI is InChI=1S/C8H7BrClF2NO/c9-6-1-4(2-10)13-7(8(11)12)5(6)3-14/h1,8,14H,2-3H2. The number of aromatic nitrogens is 1. The number of rotatable bonds is 3. The van der Waals surface area contributed by atoms with Crippen LogP contribution in [0, 0.1) is 0 Å². The van der Waals surface area contributed by atoms with E-state index in [-0.39, 0.29) is 11.4 Å². The van der Waals surface area contributed by atoms with E-state index in [1.54, 1.807) is 0 Å². The Labute approximate surface area is 93.0 Å². The van der Waals surface area contributed by atoms with Crippen molar-refractivity contribution in [1.82, 2.24) is 4.98 Å². The van der Waals surface area contributed by atoms with Crippen LogP contribution in [0.2, 0.25) is 0 Å². The molecule has 1 N–H and O–H groups in total. The minimum absolute atomic E-state index is 0.0596. The van der Waals surface area contributed by atoms with Crippen molar-refractivity contribution in [3.63, 3.8) is 0 Å². The van der Waals surface area contributed by atoms with Gasteiger partial charge in [-0.2, -0.15) is 0 Å². The van der Waals surface area contributed by atoms with Crippen molar-refractivity contribution in [2.75, 3.05) is 0 Å². The van der Waals surface area contributed by atoms with Gasteiger partial charge in [0.05, 0.1) is 18.2 Å². The lowest BCUT2D eigenvalue weighted by atomic mass is 10.2. The summed E-state index contributed by atoms with van der Waals surface area (Å²) < 4.78 is 25.4. The second-order valence-electron chi connectivity index (χ2n) is 2.55. The summed E-state index contributed by atoms with van der Waals surface area (Å²) in [5, 5.41) is 8.88. The maximum atomic E-state index is 12.5. The molecule has 6 heteroatoms. The lowest BCUT2D eigenvalue weighted by Gasteiger charge is -2.09. The molecule has 0 aliphatic rings. The third-order valence-electron chi connectivity index (χ3n) is 1.66. The Morgan fingerprint density at radius 2 is 2.21 bits per heavy atom. The van der Waals surface area contributed by atoms with Gasteiger partial charge in [0, 0.05) is 10.0 Å². The molecule has 0 unspecified atom stereocenters. The average Bonchev–Trinajstić information content (AvgIpc) is 2.16. The highest BCUT2D eigenvalue weighted by Gasteiger charge is 2.18. The number of alkyl halides is 3. The molecule has 0 amide bonds. The SMILES string of the molecule is OCc1c(Br)cc(CCl)nc1C(F)F. The Morgan fingerprint density at radius 3 is 2.64 bits per heavy atom. The van der Waals surface area contributed by atoms with Crippen molar-refractivity contribution in [3.8, 4) is 0 Å². The summed E-state index contributed by atoms with van der Waals surface area (Å²) in [5.41, 5.74) is 0.0393. The van der Waals surface area contributed by atoms with Crippen LogP contribution in [0.3, 0.4) is 0 Å². The van der Waals surface area contributed by atoms with Gasteiger partial charge in [0.25, 0.3) is 6.43 Å². The third kappa shape index (κ3) is 2.40. The highest BCUT2D eigenvalue weighted by molar-refractivity contribution is 9.10. The Kier molecular flexibility index (Phi) is 4.22. The minimum atomic E-state index is -2.71. The van der Waals surface area contributed by atoms with E-state index in [9.17, 15) is 8.78 Å². The van der Waals surface area contributed by atoms with Crippen LogP contribution in [-0.4, -0.2) is 10.1 Å². The molecule has 1 rings (SSSR count). The van der Waals surface area contributed by atoms with Crippen LogP contribution in [0.25, 0.3) is 0 Å². The highest BCUT2D eigenvalue weighted by Crippen LogP contribution is 2.28. The molecule has 0 saturated carbocycles. The van der Waals surface area contributed by atoms with Gasteiger partial charge in [-0.15, -0.1) is 11.6 Å². The molecular formula is C8H7BrClF2NO. The van der Waals surface area contributed by atoms with E-state index >= 15 is 0 Å². The van der Waals surface area contributed by atoms with Gasteiger partial charge in [-0.3, -0.25) is 4.98 Å². The zero-order valence-electron chi connectivity index (χ0n) is 6.98. The molecule has 1 aromatic heterocycles. The fourth-order valence-corrected chi connectivity index (χ4v) is 1.75. The molecule has 0 spiro atoms. The van der Waals surface area contributed by atoms with Crippen molar-refractivity contribution in [3.05, 3.63) is 27.5 Å². The first-order valence-corrected chi connectivity index (χ1v) is 5.06. The zero-order chi connectivity index (χ0) is 10.7. The molecule has 0 atom stereocenters. The second kappa shape index (κ2) is 5.00. The summed E-state index contributed by atoms with van der Waals surface area (Å²) in [5.74, 6) is 0.0596. The van der Waals surface area contributed by atoms with Gasteiger partial charge < -0.3 is 5.11 Å². The lowest BCUT2D eigenvalue weighted by molar-refractivity contribution is 0.141. The van der Waals surface area contributed by atoms with Gasteiger partial charge in [-0.1, -0.05) is 15.9 Å². The predicted octanol–water partition coefficient (Wildman–Crippen LogP) is 3.01. The first-order valence-electron chi connectivity index (χ1n) is 3.73. The molecule has 0 aromatic carbocycles. The fourth-order valence-electron chi connectivity index (χ4n) is 1.02. The summed E-state index contributed by atoms with van der Waals surface area (Å²) >= 11 is 8.56. The van der Waals surface area contributed by atoms with Crippen LogP contribution in [0.1, 0.15) is 23.4 Å². The van der Waals surface area contributed by atoms with Gasteiger partial charge in [0.2, 0.25) is 0 Å². The van der Waals surface area contributed by atoms with E-state index in [0.717, 1.165) is 0 Å². The Bertz CT molecular complexity index is 335. The van der Waals surface area contributed by atoms with E-state index in [2.05, 4.69) is 20.9 Å². The van der Waals surface area contributed by atoms with Gasteiger partial charge in [0.1, 0.15) is 5.69 Å². The average molecular weight is 287 g/mol. The first-order chi connectivity index (χ1) is 6.60. The minimum Gasteiger partial charge on any atom is -0.392 e. The van der Waals surface area contributed by atoms with Crippen LogP contribution in [0.5, 0.6) is 0 Å². The number of pyridine rings is 1. The number of hydrogen-bond acceptors (Lipinski definition) is 2. The van der Waals surface area contributed by atoms with E-state index in [1.807, 2.05) is 0 Å². The van der Waals surface area contributed by atoms with Crippen molar-refractivity contribution >= 4 is 27.5 Å². The van der Waals surface area contributed by atoms with Gasteiger partial charge in [-0.05, 0) is 6.07 Å². The normalized spacial score (nSPS) is 11.0. The molecule has 1 heterocycles. The molecular weight excluding hydrogens is 279 g/mol. The fraction of sp³-hybridized carbons (Fsp3) is 0.375. The Hall–Kier alpha value is -0.260. The molecule has 0 bridgehead atoms.